The monoisotopic (exact) mass is 487 g/mol. The molecule has 0 bridgehead atoms. The highest BCUT2D eigenvalue weighted by atomic mass is 35.5. The van der Waals surface area contributed by atoms with Gasteiger partial charge in [-0.25, -0.2) is 4.39 Å². The summed E-state index contributed by atoms with van der Waals surface area (Å²) >= 11 is 5.92. The maximum atomic E-state index is 14.3. The van der Waals surface area contributed by atoms with Gasteiger partial charge in [0.25, 0.3) is 5.91 Å². The maximum Gasteiger partial charge on any atom is 0.253 e. The first-order valence-electron chi connectivity index (χ1n) is 11.7. The number of carbonyl (C=O) groups excluding carboxylic acids is 2. The van der Waals surface area contributed by atoms with E-state index in [1.165, 1.54) is 13.1 Å². The van der Waals surface area contributed by atoms with Gasteiger partial charge in [-0.2, -0.15) is 0 Å². The van der Waals surface area contributed by atoms with E-state index in [1.807, 2.05) is 18.2 Å². The number of amides is 2. The standard InChI is InChI=1S/C26H31ClFN3O3/c1-16(2)18-6-4-5-7-20(18)26(14-31(15-26)17-8-10-34-11-9-17)25(33)30-23-13-22(28)21(27)12-19(23)24(32)29-3/h4-7,12-13,16-17H,8-11,14-15H2,1-3H3,(H,29,32)(H,30,33). The van der Waals surface area contributed by atoms with Crippen molar-refractivity contribution in [2.75, 3.05) is 38.7 Å². The zero-order chi connectivity index (χ0) is 24.5. The van der Waals surface area contributed by atoms with E-state index in [1.54, 1.807) is 0 Å². The van der Waals surface area contributed by atoms with Crippen LogP contribution in [0, 0.1) is 5.82 Å². The minimum absolute atomic E-state index is 0.108. The van der Waals surface area contributed by atoms with E-state index in [0.717, 1.165) is 43.2 Å². The Morgan fingerprint density at radius 1 is 1.18 bits per heavy atom. The first-order valence-corrected chi connectivity index (χ1v) is 12.1. The number of hydrogen-bond acceptors (Lipinski definition) is 4. The van der Waals surface area contributed by atoms with Crippen molar-refractivity contribution in [1.29, 1.82) is 0 Å². The molecule has 2 aliphatic heterocycles. The molecule has 0 radical (unpaired) electrons. The third-order valence-electron chi connectivity index (χ3n) is 6.97. The third-order valence-corrected chi connectivity index (χ3v) is 7.26. The normalized spacial score (nSPS) is 18.4. The summed E-state index contributed by atoms with van der Waals surface area (Å²) in [7, 11) is 1.48. The lowest BCUT2D eigenvalue weighted by Crippen LogP contribution is -2.68. The van der Waals surface area contributed by atoms with Gasteiger partial charge in [-0.15, -0.1) is 0 Å². The van der Waals surface area contributed by atoms with Crippen LogP contribution in [0.25, 0.3) is 0 Å². The Morgan fingerprint density at radius 2 is 1.85 bits per heavy atom. The molecule has 2 amide bonds. The van der Waals surface area contributed by atoms with Gasteiger partial charge in [-0.3, -0.25) is 14.5 Å². The molecule has 2 heterocycles. The van der Waals surface area contributed by atoms with Crippen LogP contribution in [0.1, 0.15) is 54.1 Å². The zero-order valence-electron chi connectivity index (χ0n) is 19.8. The molecule has 0 aliphatic carbocycles. The van der Waals surface area contributed by atoms with Crippen LogP contribution in [-0.2, 0) is 14.9 Å². The molecular weight excluding hydrogens is 457 g/mol. The van der Waals surface area contributed by atoms with Gasteiger partial charge < -0.3 is 15.4 Å². The largest absolute Gasteiger partial charge is 0.381 e. The van der Waals surface area contributed by atoms with Crippen LogP contribution in [-0.4, -0.2) is 56.1 Å². The van der Waals surface area contributed by atoms with Gasteiger partial charge in [0.15, 0.2) is 0 Å². The molecule has 0 unspecified atom stereocenters. The molecule has 2 fully saturated rings. The zero-order valence-corrected chi connectivity index (χ0v) is 20.5. The van der Waals surface area contributed by atoms with Crippen LogP contribution in [0.5, 0.6) is 0 Å². The summed E-state index contributed by atoms with van der Waals surface area (Å²) in [6, 6.07) is 10.7. The van der Waals surface area contributed by atoms with E-state index in [4.69, 9.17) is 16.3 Å². The third kappa shape index (κ3) is 4.57. The highest BCUT2D eigenvalue weighted by Crippen LogP contribution is 2.42. The summed E-state index contributed by atoms with van der Waals surface area (Å²) in [5, 5.41) is 5.22. The highest BCUT2D eigenvalue weighted by molar-refractivity contribution is 6.31. The number of anilines is 1. The van der Waals surface area contributed by atoms with Crippen molar-refractivity contribution >= 4 is 29.1 Å². The number of halogens is 2. The predicted octanol–water partition coefficient (Wildman–Crippen LogP) is 4.33. The quantitative estimate of drug-likeness (QED) is 0.636. The summed E-state index contributed by atoms with van der Waals surface area (Å²) in [6.45, 7) is 6.78. The molecule has 2 aromatic rings. The SMILES string of the molecule is CNC(=O)c1cc(Cl)c(F)cc1NC(=O)C1(c2ccccc2C(C)C)CN(C2CCOCC2)C1. The number of nitrogens with one attached hydrogen (secondary N) is 2. The van der Waals surface area contributed by atoms with Gasteiger partial charge in [0.2, 0.25) is 5.91 Å². The van der Waals surface area contributed by atoms with E-state index in [9.17, 15) is 14.0 Å². The van der Waals surface area contributed by atoms with E-state index < -0.39 is 17.1 Å². The Morgan fingerprint density at radius 3 is 2.50 bits per heavy atom. The smallest absolute Gasteiger partial charge is 0.253 e. The van der Waals surface area contributed by atoms with Crippen LogP contribution < -0.4 is 10.6 Å². The van der Waals surface area contributed by atoms with E-state index in [0.29, 0.717) is 19.1 Å². The summed E-state index contributed by atoms with van der Waals surface area (Å²) in [5.74, 6) is -1.17. The lowest BCUT2D eigenvalue weighted by Gasteiger charge is -2.53. The molecule has 2 saturated heterocycles. The summed E-state index contributed by atoms with van der Waals surface area (Å²) in [6.07, 6.45) is 1.87. The van der Waals surface area contributed by atoms with Crippen molar-refractivity contribution in [3.63, 3.8) is 0 Å². The lowest BCUT2D eigenvalue weighted by molar-refractivity contribution is -0.131. The molecule has 8 heteroatoms. The molecule has 182 valence electrons. The summed E-state index contributed by atoms with van der Waals surface area (Å²) < 4.78 is 19.8. The first-order chi connectivity index (χ1) is 16.3. The minimum Gasteiger partial charge on any atom is -0.381 e. The maximum absolute atomic E-state index is 14.3. The topological polar surface area (TPSA) is 70.7 Å². The van der Waals surface area contributed by atoms with Crippen molar-refractivity contribution in [3.05, 3.63) is 63.9 Å². The Kier molecular flexibility index (Phi) is 7.26. The average Bonchev–Trinajstić information content (AvgIpc) is 2.81. The molecular formula is C26H31ClFN3O3. The second-order valence-corrected chi connectivity index (χ2v) is 9.82. The molecule has 0 saturated carbocycles. The van der Waals surface area contributed by atoms with Crippen LogP contribution >= 0.6 is 11.6 Å². The molecule has 0 atom stereocenters. The lowest BCUT2D eigenvalue weighted by atomic mass is 9.68. The molecule has 4 rings (SSSR count). The molecule has 34 heavy (non-hydrogen) atoms. The van der Waals surface area contributed by atoms with E-state index in [2.05, 4.69) is 35.4 Å². The Bertz CT molecular complexity index is 1080. The van der Waals surface area contributed by atoms with Crippen LogP contribution in [0.3, 0.4) is 0 Å². The fourth-order valence-corrected chi connectivity index (χ4v) is 5.21. The highest BCUT2D eigenvalue weighted by Gasteiger charge is 2.53. The van der Waals surface area contributed by atoms with Crippen molar-refractivity contribution in [3.8, 4) is 0 Å². The van der Waals surface area contributed by atoms with Gasteiger partial charge in [-0.1, -0.05) is 49.7 Å². The fourth-order valence-electron chi connectivity index (χ4n) is 5.04. The number of nitrogens with zero attached hydrogens (tertiary/aromatic N) is 1. The van der Waals surface area contributed by atoms with Gasteiger partial charge >= 0.3 is 0 Å². The molecule has 6 nitrogen and oxygen atoms in total. The number of likely N-dealkylation sites (tertiary alicyclic amines) is 1. The minimum atomic E-state index is -0.810. The Hall–Kier alpha value is -2.48. The second kappa shape index (κ2) is 10.0. The number of ether oxygens (including phenoxy) is 1. The summed E-state index contributed by atoms with van der Waals surface area (Å²) in [5.41, 5.74) is 1.50. The first kappa shape index (κ1) is 24.6. The van der Waals surface area contributed by atoms with Crippen LogP contribution in [0.15, 0.2) is 36.4 Å². The number of carbonyl (C=O) groups is 2. The Balaban J connectivity index is 1.71. The molecule has 2 N–H and O–H groups in total. The van der Waals surface area contributed by atoms with Gasteiger partial charge in [0.05, 0.1) is 21.7 Å². The predicted molar refractivity (Wildman–Crippen MR) is 131 cm³/mol. The second-order valence-electron chi connectivity index (χ2n) is 9.42. The molecule has 2 aromatic carbocycles. The Labute approximate surface area is 204 Å². The molecule has 0 aromatic heterocycles. The van der Waals surface area contributed by atoms with Gasteiger partial charge in [0.1, 0.15) is 5.82 Å². The van der Waals surface area contributed by atoms with Crippen molar-refractivity contribution in [2.45, 2.75) is 44.1 Å². The van der Waals surface area contributed by atoms with E-state index in [-0.39, 0.29) is 28.1 Å². The van der Waals surface area contributed by atoms with Crippen LogP contribution in [0.4, 0.5) is 10.1 Å². The van der Waals surface area contributed by atoms with Gasteiger partial charge in [0, 0.05) is 39.4 Å². The number of hydrogen-bond donors (Lipinski definition) is 2. The molecule has 0 spiro atoms. The average molecular weight is 488 g/mol. The molecule has 2 aliphatic rings. The fraction of sp³-hybridized carbons (Fsp3) is 0.462. The van der Waals surface area contributed by atoms with Crippen molar-refractivity contribution in [1.82, 2.24) is 10.2 Å². The van der Waals surface area contributed by atoms with E-state index >= 15 is 0 Å². The van der Waals surface area contributed by atoms with Gasteiger partial charge in [-0.05, 0) is 42.0 Å². The summed E-state index contributed by atoms with van der Waals surface area (Å²) in [4.78, 5) is 28.7. The number of benzene rings is 2. The van der Waals surface area contributed by atoms with Crippen LogP contribution in [0.2, 0.25) is 5.02 Å². The van der Waals surface area contributed by atoms with Crippen molar-refractivity contribution in [2.24, 2.45) is 0 Å². The van der Waals surface area contributed by atoms with Crippen molar-refractivity contribution < 1.29 is 18.7 Å². The number of rotatable bonds is 6.